The molecule has 7 atom stereocenters. The summed E-state index contributed by atoms with van der Waals surface area (Å²) in [6.07, 6.45) is 7.93. The zero-order valence-electron chi connectivity index (χ0n) is 26.8. The van der Waals surface area contributed by atoms with Crippen LogP contribution in [0.5, 0.6) is 5.75 Å². The molecule has 0 aromatic heterocycles. The first-order valence-corrected chi connectivity index (χ1v) is 17.3. The molecule has 240 valence electrons. The summed E-state index contributed by atoms with van der Waals surface area (Å²) in [5.74, 6) is 1.19. The van der Waals surface area contributed by atoms with Crippen LogP contribution in [0.3, 0.4) is 0 Å². The van der Waals surface area contributed by atoms with Crippen LogP contribution < -0.4 is 0 Å². The van der Waals surface area contributed by atoms with E-state index in [4.69, 9.17) is 0 Å². The monoisotopic (exact) mass is 611 g/mol. The number of halogens is 1. The smallest absolute Gasteiger partial charge is 0.222 e. The van der Waals surface area contributed by atoms with Crippen molar-refractivity contribution in [3.05, 3.63) is 101 Å². The molecule has 45 heavy (non-hydrogen) atoms. The second-order valence-corrected chi connectivity index (χ2v) is 14.4. The molecule has 6 rings (SSSR count). The standard InChI is InChI=1S/C40H50FNO3/c1-40-26-35(41)39-33-20-19-32(43)25-31(33)24-30(38(39)34(40)21-22-36(40)44)17-9-4-10-23-42(27-29-14-7-3-8-15-29)37(45)18-11-16-28-12-5-2-6-13-28/h2-3,5-8,12-15,19-20,25,30,34-36,38-39,43-44H,4,9-11,16-18,21-24,26-27H2,1H3/t30-,34+,35+,36+,38+,39+,40+/m1/s1. The number of carbonyl (C=O) groups is 1. The van der Waals surface area contributed by atoms with Crippen LogP contribution in [0.4, 0.5) is 4.39 Å². The van der Waals surface area contributed by atoms with E-state index >= 15 is 4.39 Å². The minimum absolute atomic E-state index is 0.155. The lowest BCUT2D eigenvalue weighted by atomic mass is 9.51. The van der Waals surface area contributed by atoms with E-state index in [1.54, 1.807) is 6.07 Å². The van der Waals surface area contributed by atoms with Crippen LogP contribution in [-0.4, -0.2) is 39.8 Å². The Kier molecular flexibility index (Phi) is 9.94. The molecule has 1 amide bonds. The summed E-state index contributed by atoms with van der Waals surface area (Å²) < 4.78 is 16.1. The predicted molar refractivity (Wildman–Crippen MR) is 178 cm³/mol. The molecule has 2 N–H and O–H groups in total. The Morgan fingerprint density at radius 1 is 0.933 bits per heavy atom. The van der Waals surface area contributed by atoms with Gasteiger partial charge < -0.3 is 15.1 Å². The highest BCUT2D eigenvalue weighted by Crippen LogP contribution is 2.63. The number of fused-ring (bicyclic) bond motifs is 5. The highest BCUT2D eigenvalue weighted by Gasteiger charge is 2.59. The summed E-state index contributed by atoms with van der Waals surface area (Å²) in [6, 6.07) is 26.2. The number of amides is 1. The molecule has 3 aliphatic carbocycles. The molecule has 0 aliphatic heterocycles. The minimum atomic E-state index is -0.977. The van der Waals surface area contributed by atoms with Gasteiger partial charge in [-0.1, -0.05) is 86.5 Å². The SMILES string of the molecule is C[C@]12C[C@H](F)[C@@H]3c4ccc(O)cc4C[C@@H](CCCCCN(Cc4ccccc4)C(=O)CCCc4ccccc4)[C@H]3[C@@H]1CC[C@@H]2O. The molecule has 0 saturated heterocycles. The number of alkyl halides is 1. The summed E-state index contributed by atoms with van der Waals surface area (Å²) >= 11 is 0. The van der Waals surface area contributed by atoms with Crippen molar-refractivity contribution < 1.29 is 19.4 Å². The van der Waals surface area contributed by atoms with Gasteiger partial charge in [-0.25, -0.2) is 4.39 Å². The Hall–Kier alpha value is -3.18. The maximum absolute atomic E-state index is 16.1. The molecular weight excluding hydrogens is 561 g/mol. The molecule has 2 fully saturated rings. The van der Waals surface area contributed by atoms with Gasteiger partial charge in [0.15, 0.2) is 0 Å². The maximum Gasteiger partial charge on any atom is 0.222 e. The van der Waals surface area contributed by atoms with Crippen molar-refractivity contribution in [2.75, 3.05) is 6.54 Å². The highest BCUT2D eigenvalue weighted by molar-refractivity contribution is 5.76. The highest BCUT2D eigenvalue weighted by atomic mass is 19.1. The minimum Gasteiger partial charge on any atom is -0.508 e. The lowest BCUT2D eigenvalue weighted by Crippen LogP contribution is -2.51. The van der Waals surface area contributed by atoms with Crippen LogP contribution in [0, 0.1) is 23.2 Å². The number of carbonyl (C=O) groups excluding carboxylic acids is 1. The van der Waals surface area contributed by atoms with E-state index in [9.17, 15) is 15.0 Å². The second kappa shape index (κ2) is 14.1. The Morgan fingerprint density at radius 3 is 2.42 bits per heavy atom. The second-order valence-electron chi connectivity index (χ2n) is 14.4. The number of phenols is 1. The van der Waals surface area contributed by atoms with E-state index in [0.717, 1.165) is 81.0 Å². The van der Waals surface area contributed by atoms with Crippen molar-refractivity contribution in [1.29, 1.82) is 0 Å². The zero-order valence-corrected chi connectivity index (χ0v) is 26.8. The number of aliphatic hydroxyl groups is 1. The van der Waals surface area contributed by atoms with Crippen molar-refractivity contribution in [3.8, 4) is 5.75 Å². The third-order valence-electron chi connectivity index (χ3n) is 11.5. The predicted octanol–water partition coefficient (Wildman–Crippen LogP) is 8.40. The normalized spacial score (nSPS) is 28.6. The van der Waals surface area contributed by atoms with Crippen LogP contribution in [0.15, 0.2) is 78.9 Å². The fraction of sp³-hybridized carbons (Fsp3) is 0.525. The molecule has 5 heteroatoms. The Balaban J connectivity index is 1.08. The first kappa shape index (κ1) is 31.8. The van der Waals surface area contributed by atoms with Crippen LogP contribution in [0.25, 0.3) is 0 Å². The average Bonchev–Trinajstić information content (AvgIpc) is 3.33. The first-order chi connectivity index (χ1) is 21.8. The van der Waals surface area contributed by atoms with Crippen molar-refractivity contribution >= 4 is 5.91 Å². The number of benzene rings is 3. The maximum atomic E-state index is 16.1. The Morgan fingerprint density at radius 2 is 1.67 bits per heavy atom. The number of phenolic OH excluding ortho intramolecular Hbond substituents is 1. The van der Waals surface area contributed by atoms with E-state index in [-0.39, 0.29) is 28.9 Å². The van der Waals surface area contributed by atoms with Gasteiger partial charge in [-0.2, -0.15) is 0 Å². The summed E-state index contributed by atoms with van der Waals surface area (Å²) in [5.41, 5.74) is 4.25. The number of aryl methyl sites for hydroxylation is 1. The van der Waals surface area contributed by atoms with Crippen molar-refractivity contribution in [3.63, 3.8) is 0 Å². The fourth-order valence-electron chi connectivity index (χ4n) is 9.26. The van der Waals surface area contributed by atoms with Crippen molar-refractivity contribution in [2.45, 2.75) is 102 Å². The zero-order chi connectivity index (χ0) is 31.4. The van der Waals surface area contributed by atoms with Crippen LogP contribution in [0.2, 0.25) is 0 Å². The number of hydrogen-bond donors (Lipinski definition) is 2. The molecule has 0 unspecified atom stereocenters. The molecule has 0 bridgehead atoms. The largest absolute Gasteiger partial charge is 0.508 e. The molecular formula is C40H50FNO3. The summed E-state index contributed by atoms with van der Waals surface area (Å²) in [7, 11) is 0. The molecule has 3 aromatic rings. The van der Waals surface area contributed by atoms with Gasteiger partial charge in [0.25, 0.3) is 0 Å². The van der Waals surface area contributed by atoms with E-state index in [1.165, 1.54) is 5.56 Å². The molecule has 2 saturated carbocycles. The van der Waals surface area contributed by atoms with E-state index in [2.05, 4.69) is 43.3 Å². The van der Waals surface area contributed by atoms with Crippen LogP contribution >= 0.6 is 0 Å². The van der Waals surface area contributed by atoms with Crippen molar-refractivity contribution in [1.82, 2.24) is 4.90 Å². The fourth-order valence-corrected chi connectivity index (χ4v) is 9.26. The first-order valence-electron chi connectivity index (χ1n) is 17.3. The van der Waals surface area contributed by atoms with Gasteiger partial charge in [0.2, 0.25) is 5.91 Å². The van der Waals surface area contributed by atoms with Gasteiger partial charge in [-0.15, -0.1) is 0 Å². The Labute approximate surface area is 268 Å². The topological polar surface area (TPSA) is 60.8 Å². The van der Waals surface area contributed by atoms with E-state index in [1.807, 2.05) is 41.3 Å². The number of rotatable bonds is 12. The summed E-state index contributed by atoms with van der Waals surface area (Å²) in [4.78, 5) is 15.4. The number of nitrogens with zero attached hydrogens (tertiary/aromatic N) is 1. The van der Waals surface area contributed by atoms with E-state index in [0.29, 0.717) is 31.2 Å². The van der Waals surface area contributed by atoms with Gasteiger partial charge in [0.1, 0.15) is 11.9 Å². The molecule has 0 heterocycles. The third-order valence-corrected chi connectivity index (χ3v) is 11.5. The van der Waals surface area contributed by atoms with Gasteiger partial charge in [0.05, 0.1) is 6.10 Å². The van der Waals surface area contributed by atoms with Crippen LogP contribution in [0.1, 0.15) is 92.9 Å². The molecule has 0 radical (unpaired) electrons. The number of hydrogen-bond acceptors (Lipinski definition) is 3. The quantitative estimate of drug-likeness (QED) is 0.202. The van der Waals surface area contributed by atoms with E-state index < -0.39 is 12.3 Å². The lowest BCUT2D eigenvalue weighted by Gasteiger charge is -2.54. The Bertz CT molecular complexity index is 1410. The molecule has 0 spiro atoms. The number of aromatic hydroxyl groups is 1. The average molecular weight is 612 g/mol. The third kappa shape index (κ3) is 6.99. The van der Waals surface area contributed by atoms with Gasteiger partial charge in [-0.3, -0.25) is 4.79 Å². The summed E-state index contributed by atoms with van der Waals surface area (Å²) in [6.45, 7) is 3.50. The van der Waals surface area contributed by atoms with Gasteiger partial charge >= 0.3 is 0 Å². The number of aliphatic hydroxyl groups excluding tert-OH is 1. The molecule has 3 aromatic carbocycles. The van der Waals surface area contributed by atoms with Gasteiger partial charge in [0, 0.05) is 25.4 Å². The van der Waals surface area contributed by atoms with Gasteiger partial charge in [-0.05, 0) is 109 Å². The molecule has 4 nitrogen and oxygen atoms in total. The molecule has 3 aliphatic rings. The summed E-state index contributed by atoms with van der Waals surface area (Å²) in [5, 5.41) is 21.2. The van der Waals surface area contributed by atoms with Crippen LogP contribution in [-0.2, 0) is 24.2 Å². The van der Waals surface area contributed by atoms with Crippen molar-refractivity contribution in [2.24, 2.45) is 23.2 Å². The number of unbranched alkanes of at least 4 members (excludes halogenated alkanes) is 2. The lowest BCUT2D eigenvalue weighted by molar-refractivity contribution is -0.132.